The molecule has 0 N–H and O–H groups in total. The number of halogens is 1. The number of hydrogen-bond acceptors (Lipinski definition) is 5. The normalized spacial score (nSPS) is 10.2. The number of hydrogen-bond donors (Lipinski definition) is 0. The number of nitriles is 1. The van der Waals surface area contributed by atoms with Crippen molar-refractivity contribution in [1.29, 1.82) is 5.26 Å². The summed E-state index contributed by atoms with van der Waals surface area (Å²) in [4.78, 5) is 12.5. The van der Waals surface area contributed by atoms with Crippen molar-refractivity contribution in [3.05, 3.63) is 46.1 Å². The van der Waals surface area contributed by atoms with Gasteiger partial charge in [0.1, 0.15) is 27.6 Å². The van der Waals surface area contributed by atoms with E-state index in [1.54, 1.807) is 12.3 Å². The summed E-state index contributed by atoms with van der Waals surface area (Å²) < 4.78 is 0. The summed E-state index contributed by atoms with van der Waals surface area (Å²) in [5.41, 5.74) is 2.29. The highest BCUT2D eigenvalue weighted by atomic mass is 35.5. The van der Waals surface area contributed by atoms with Gasteiger partial charge >= 0.3 is 0 Å². The van der Waals surface area contributed by atoms with E-state index in [-0.39, 0.29) is 0 Å². The van der Waals surface area contributed by atoms with Crippen LogP contribution >= 0.6 is 23.4 Å². The summed E-state index contributed by atoms with van der Waals surface area (Å²) in [7, 11) is 0. The zero-order valence-electron chi connectivity index (χ0n) is 10.5. The number of rotatable bonds is 3. The van der Waals surface area contributed by atoms with Crippen molar-refractivity contribution >= 4 is 23.4 Å². The van der Waals surface area contributed by atoms with Gasteiger partial charge in [-0.15, -0.1) is 11.8 Å². The summed E-state index contributed by atoms with van der Waals surface area (Å²) in [6.07, 6.45) is 1.72. The molecule has 0 fully saturated rings. The molecule has 0 unspecified atom stereocenters. The Morgan fingerprint density at radius 2 is 2.11 bits per heavy atom. The Balaban J connectivity index is 2.20. The highest BCUT2D eigenvalue weighted by molar-refractivity contribution is 7.98. The van der Waals surface area contributed by atoms with Crippen molar-refractivity contribution in [3.63, 3.8) is 0 Å². The number of aromatic nitrogens is 3. The van der Waals surface area contributed by atoms with Gasteiger partial charge in [0.05, 0.1) is 5.69 Å². The molecule has 0 aliphatic carbocycles. The molecular formula is C13H11ClN4S. The SMILES string of the molecule is Cc1nc(C)c(C#N)c(SCc2ccc(Cl)nc2)n1. The first-order valence-electron chi connectivity index (χ1n) is 5.58. The summed E-state index contributed by atoms with van der Waals surface area (Å²) >= 11 is 7.24. The summed E-state index contributed by atoms with van der Waals surface area (Å²) in [5.74, 6) is 1.36. The molecule has 0 bridgehead atoms. The van der Waals surface area contributed by atoms with Gasteiger partial charge in [0, 0.05) is 11.9 Å². The fourth-order valence-corrected chi connectivity index (χ4v) is 2.68. The zero-order valence-corrected chi connectivity index (χ0v) is 12.1. The average Bonchev–Trinajstić information content (AvgIpc) is 2.37. The molecule has 2 heterocycles. The van der Waals surface area contributed by atoms with Gasteiger partial charge in [-0.05, 0) is 25.5 Å². The third kappa shape index (κ3) is 3.43. The Bertz CT molecular complexity index is 634. The van der Waals surface area contributed by atoms with Crippen LogP contribution in [-0.2, 0) is 5.75 Å². The lowest BCUT2D eigenvalue weighted by Gasteiger charge is -2.06. The average molecular weight is 291 g/mol. The monoisotopic (exact) mass is 290 g/mol. The van der Waals surface area contributed by atoms with Crippen molar-refractivity contribution in [2.75, 3.05) is 0 Å². The molecule has 0 radical (unpaired) electrons. The van der Waals surface area contributed by atoms with Gasteiger partial charge in [0.25, 0.3) is 0 Å². The third-order valence-corrected chi connectivity index (χ3v) is 3.71. The number of pyridine rings is 1. The van der Waals surface area contributed by atoms with Gasteiger partial charge in [-0.2, -0.15) is 5.26 Å². The molecule has 2 aromatic rings. The van der Waals surface area contributed by atoms with Crippen LogP contribution in [0, 0.1) is 25.2 Å². The molecule has 2 aromatic heterocycles. The molecule has 0 amide bonds. The van der Waals surface area contributed by atoms with Crippen LogP contribution in [-0.4, -0.2) is 15.0 Å². The van der Waals surface area contributed by atoms with E-state index in [9.17, 15) is 0 Å². The van der Waals surface area contributed by atoms with Crippen LogP contribution in [0.3, 0.4) is 0 Å². The van der Waals surface area contributed by atoms with E-state index in [0.29, 0.717) is 33.0 Å². The van der Waals surface area contributed by atoms with Gasteiger partial charge < -0.3 is 0 Å². The summed E-state index contributed by atoms with van der Waals surface area (Å²) in [5, 5.41) is 10.3. The standard InChI is InChI=1S/C13H11ClN4S/c1-8-11(5-15)13(18-9(2)17-8)19-7-10-3-4-12(14)16-6-10/h3-4,6H,7H2,1-2H3. The highest BCUT2D eigenvalue weighted by Gasteiger charge is 2.10. The number of aryl methyl sites for hydroxylation is 2. The topological polar surface area (TPSA) is 62.5 Å². The van der Waals surface area contributed by atoms with E-state index in [1.807, 2.05) is 19.9 Å². The van der Waals surface area contributed by atoms with Gasteiger partial charge in [-0.25, -0.2) is 15.0 Å². The summed E-state index contributed by atoms with van der Waals surface area (Å²) in [6, 6.07) is 5.82. The predicted molar refractivity (Wildman–Crippen MR) is 75.0 cm³/mol. The fraction of sp³-hybridized carbons (Fsp3) is 0.231. The molecule has 0 atom stereocenters. The molecule has 0 aliphatic rings. The maximum Gasteiger partial charge on any atom is 0.129 e. The molecule has 0 saturated heterocycles. The Labute approximate surface area is 120 Å². The lowest BCUT2D eigenvalue weighted by molar-refractivity contribution is 0.923. The minimum atomic E-state index is 0.472. The van der Waals surface area contributed by atoms with Crippen LogP contribution in [0.2, 0.25) is 5.15 Å². The first kappa shape index (κ1) is 13.8. The first-order chi connectivity index (χ1) is 9.10. The second kappa shape index (κ2) is 6.00. The lowest BCUT2D eigenvalue weighted by Crippen LogP contribution is -1.99. The van der Waals surface area contributed by atoms with Crippen LogP contribution in [0.1, 0.15) is 22.6 Å². The molecule has 96 valence electrons. The van der Waals surface area contributed by atoms with Crippen LogP contribution in [0.4, 0.5) is 0 Å². The Morgan fingerprint density at radius 1 is 1.32 bits per heavy atom. The molecule has 0 aliphatic heterocycles. The maximum atomic E-state index is 9.15. The van der Waals surface area contributed by atoms with E-state index in [1.165, 1.54) is 11.8 Å². The molecular weight excluding hydrogens is 280 g/mol. The first-order valence-corrected chi connectivity index (χ1v) is 6.95. The Morgan fingerprint density at radius 3 is 2.74 bits per heavy atom. The molecule has 2 rings (SSSR count). The predicted octanol–water partition coefficient (Wildman–Crippen LogP) is 3.31. The molecule has 0 saturated carbocycles. The van der Waals surface area contributed by atoms with Crippen LogP contribution in [0.25, 0.3) is 0 Å². The molecule has 6 heteroatoms. The van der Waals surface area contributed by atoms with Gasteiger partial charge in [-0.1, -0.05) is 17.7 Å². The molecule has 0 spiro atoms. The van der Waals surface area contributed by atoms with Crippen LogP contribution in [0.15, 0.2) is 23.4 Å². The van der Waals surface area contributed by atoms with Crippen molar-refractivity contribution in [1.82, 2.24) is 15.0 Å². The second-order valence-corrected chi connectivity index (χ2v) is 5.28. The zero-order chi connectivity index (χ0) is 13.8. The van der Waals surface area contributed by atoms with E-state index < -0.39 is 0 Å². The van der Waals surface area contributed by atoms with Crippen molar-refractivity contribution in [2.45, 2.75) is 24.6 Å². The fourth-order valence-electron chi connectivity index (χ4n) is 1.56. The van der Waals surface area contributed by atoms with Crippen LogP contribution in [0.5, 0.6) is 0 Å². The highest BCUT2D eigenvalue weighted by Crippen LogP contribution is 2.25. The maximum absolute atomic E-state index is 9.15. The molecule has 4 nitrogen and oxygen atoms in total. The van der Waals surface area contributed by atoms with Gasteiger partial charge in [0.2, 0.25) is 0 Å². The number of thioether (sulfide) groups is 1. The van der Waals surface area contributed by atoms with E-state index in [4.69, 9.17) is 16.9 Å². The van der Waals surface area contributed by atoms with Crippen molar-refractivity contribution < 1.29 is 0 Å². The lowest BCUT2D eigenvalue weighted by atomic mass is 10.3. The van der Waals surface area contributed by atoms with Crippen LogP contribution < -0.4 is 0 Å². The van der Waals surface area contributed by atoms with Crippen molar-refractivity contribution in [2.24, 2.45) is 0 Å². The molecule has 0 aromatic carbocycles. The largest absolute Gasteiger partial charge is 0.244 e. The van der Waals surface area contributed by atoms with Crippen molar-refractivity contribution in [3.8, 4) is 6.07 Å². The van der Waals surface area contributed by atoms with Gasteiger partial charge in [0.15, 0.2) is 0 Å². The minimum Gasteiger partial charge on any atom is -0.244 e. The summed E-state index contributed by atoms with van der Waals surface area (Å²) in [6.45, 7) is 3.64. The molecule has 19 heavy (non-hydrogen) atoms. The Hall–Kier alpha value is -1.64. The Kier molecular flexibility index (Phi) is 4.35. The van der Waals surface area contributed by atoms with Gasteiger partial charge in [-0.3, -0.25) is 0 Å². The van der Waals surface area contributed by atoms with E-state index in [2.05, 4.69) is 21.0 Å². The van der Waals surface area contributed by atoms with E-state index in [0.717, 1.165) is 5.56 Å². The smallest absolute Gasteiger partial charge is 0.129 e. The quantitative estimate of drug-likeness (QED) is 0.493. The number of nitrogens with zero attached hydrogens (tertiary/aromatic N) is 4. The van der Waals surface area contributed by atoms with E-state index >= 15 is 0 Å². The second-order valence-electron chi connectivity index (χ2n) is 3.93. The third-order valence-electron chi connectivity index (χ3n) is 2.44. The minimum absolute atomic E-state index is 0.472.